The van der Waals surface area contributed by atoms with Gasteiger partial charge in [-0.05, 0) is 58.2 Å². The molecule has 0 bridgehead atoms. The lowest BCUT2D eigenvalue weighted by molar-refractivity contribution is 0.0395. The van der Waals surface area contributed by atoms with Gasteiger partial charge in [0.1, 0.15) is 0 Å². The van der Waals surface area contributed by atoms with Crippen LogP contribution in [0, 0.1) is 41.5 Å². The maximum absolute atomic E-state index is 5.66. The van der Waals surface area contributed by atoms with Crippen molar-refractivity contribution in [1.29, 1.82) is 0 Å². The Kier molecular flexibility index (Phi) is 4.43. The molecule has 0 aromatic carbocycles. The predicted octanol–water partition coefficient (Wildman–Crippen LogP) is 0.798. The summed E-state index contributed by atoms with van der Waals surface area (Å²) in [5.41, 5.74) is 5.56. The minimum atomic E-state index is -1.14. The molecule has 3 aromatic rings. The van der Waals surface area contributed by atoms with Crippen molar-refractivity contribution in [3.05, 3.63) is 52.4 Å². The van der Waals surface area contributed by atoms with Crippen molar-refractivity contribution in [3.63, 3.8) is 0 Å². The molecule has 0 aliphatic rings. The average molecular weight is 344 g/mol. The first-order valence-electron chi connectivity index (χ1n) is 7.92. The molecule has 0 spiro atoms. The summed E-state index contributed by atoms with van der Waals surface area (Å²) in [5, 5.41) is 12.8. The highest BCUT2D eigenvalue weighted by Gasteiger charge is 2.35. The summed E-state index contributed by atoms with van der Waals surface area (Å²) < 4.78 is 17.0. The van der Waals surface area contributed by atoms with Crippen molar-refractivity contribution < 1.29 is 14.3 Å². The zero-order chi connectivity index (χ0) is 18.1. The van der Waals surface area contributed by atoms with Crippen LogP contribution in [0.25, 0.3) is 0 Å². The molecule has 10 heteroatoms. The highest BCUT2D eigenvalue weighted by molar-refractivity contribution is 6.37. The predicted molar refractivity (Wildman–Crippen MR) is 90.6 cm³/mol. The van der Waals surface area contributed by atoms with Crippen molar-refractivity contribution in [3.8, 4) is 0 Å². The molecule has 0 saturated heterocycles. The third kappa shape index (κ3) is 3.78. The van der Waals surface area contributed by atoms with E-state index in [9.17, 15) is 0 Å². The summed E-state index contributed by atoms with van der Waals surface area (Å²) in [4.78, 5) is 3.92. The van der Waals surface area contributed by atoms with Crippen LogP contribution in [0.1, 0.15) is 33.8 Å². The van der Waals surface area contributed by atoms with Crippen molar-refractivity contribution in [2.75, 3.05) is 0 Å². The molecule has 0 radical (unpaired) electrons. The molecule has 0 aliphatic heterocycles. The van der Waals surface area contributed by atoms with E-state index in [-0.39, 0.29) is 0 Å². The summed E-state index contributed by atoms with van der Waals surface area (Å²) in [6.45, 7) is 11.5. The second-order valence-electron chi connectivity index (χ2n) is 6.01. The van der Waals surface area contributed by atoms with Crippen LogP contribution < -0.4 is 14.3 Å². The van der Waals surface area contributed by atoms with Gasteiger partial charge >= 0.3 is 7.32 Å². The Labute approximate surface area is 146 Å². The van der Waals surface area contributed by atoms with Gasteiger partial charge in [0.15, 0.2) is 0 Å². The first kappa shape index (κ1) is 16.9. The molecule has 25 heavy (non-hydrogen) atoms. The minimum Gasteiger partial charge on any atom is -0.380 e. The number of hydrogen-bond donors (Lipinski definition) is 0. The monoisotopic (exact) mass is 344 g/mol. The van der Waals surface area contributed by atoms with Crippen molar-refractivity contribution >= 4 is 7.32 Å². The molecule has 0 aliphatic carbocycles. The molecule has 132 valence electrons. The van der Waals surface area contributed by atoms with Crippen LogP contribution in [0.4, 0.5) is 0 Å². The van der Waals surface area contributed by atoms with Crippen LogP contribution in [0.15, 0.2) is 18.6 Å². The van der Waals surface area contributed by atoms with E-state index < -0.39 is 7.32 Å². The molecule has 0 unspecified atom stereocenters. The molecule has 3 heterocycles. The molecule has 0 fully saturated rings. The highest BCUT2D eigenvalue weighted by Crippen LogP contribution is 2.05. The number of aromatic nitrogens is 6. The Hall–Kier alpha value is -2.91. The van der Waals surface area contributed by atoms with Crippen molar-refractivity contribution in [2.45, 2.75) is 41.5 Å². The lowest BCUT2D eigenvalue weighted by Gasteiger charge is -2.13. The fourth-order valence-electron chi connectivity index (χ4n) is 2.03. The summed E-state index contributed by atoms with van der Waals surface area (Å²) >= 11 is 0. The molecular formula is C15H21BN6O3. The number of aryl methyl sites for hydroxylation is 6. The van der Waals surface area contributed by atoms with Gasteiger partial charge in [0, 0.05) is 0 Å². The third-order valence-electron chi connectivity index (χ3n) is 3.95. The molecule has 0 amide bonds. The van der Waals surface area contributed by atoms with E-state index in [1.165, 1.54) is 14.5 Å². The number of rotatable bonds is 6. The average Bonchev–Trinajstić information content (AvgIpc) is 3.11. The molecule has 3 rings (SSSR count). The van der Waals surface area contributed by atoms with Gasteiger partial charge in [0.2, 0.25) is 0 Å². The topological polar surface area (TPSA) is 81.1 Å². The molecule has 9 nitrogen and oxygen atoms in total. The standard InChI is InChI=1S/C15H21BN6O3/c1-10-7-20(17-13(10)4)23-16(24-21-8-11(2)14(5)18-21)25-22-9-12(3)15(6)19-22/h7-9H,1-6H3. The van der Waals surface area contributed by atoms with E-state index in [1.807, 2.05) is 41.5 Å². The van der Waals surface area contributed by atoms with Crippen LogP contribution in [0.3, 0.4) is 0 Å². The van der Waals surface area contributed by atoms with Gasteiger partial charge in [-0.2, -0.15) is 0 Å². The van der Waals surface area contributed by atoms with Gasteiger partial charge in [-0.15, -0.1) is 29.8 Å². The zero-order valence-electron chi connectivity index (χ0n) is 15.2. The van der Waals surface area contributed by atoms with Crippen molar-refractivity contribution in [1.82, 2.24) is 29.8 Å². The Balaban J connectivity index is 1.81. The highest BCUT2D eigenvalue weighted by atomic mass is 16.9. The Morgan fingerprint density at radius 2 is 0.880 bits per heavy atom. The van der Waals surface area contributed by atoms with Crippen LogP contribution in [0.5, 0.6) is 0 Å². The number of nitrogens with zero attached hydrogens (tertiary/aromatic N) is 6. The molecule has 0 N–H and O–H groups in total. The molecule has 0 saturated carbocycles. The largest absolute Gasteiger partial charge is 0.929 e. The van der Waals surface area contributed by atoms with Gasteiger partial charge in [0.25, 0.3) is 0 Å². The fourth-order valence-corrected chi connectivity index (χ4v) is 2.03. The van der Waals surface area contributed by atoms with Crippen LogP contribution in [-0.4, -0.2) is 37.2 Å². The first-order valence-corrected chi connectivity index (χ1v) is 7.92. The SMILES string of the molecule is Cc1cn(OB(On2cc(C)c(C)n2)On2cc(C)c(C)n2)nc1C. The normalized spacial score (nSPS) is 10.8. The lowest BCUT2D eigenvalue weighted by atomic mass is 10.3. The maximum Gasteiger partial charge on any atom is 0.929 e. The van der Waals surface area contributed by atoms with Crippen LogP contribution >= 0.6 is 0 Å². The van der Waals surface area contributed by atoms with E-state index in [0.717, 1.165) is 33.8 Å². The van der Waals surface area contributed by atoms with Gasteiger partial charge in [0.05, 0.1) is 35.7 Å². The number of hydrogen-bond acceptors (Lipinski definition) is 6. The van der Waals surface area contributed by atoms with Gasteiger partial charge in [-0.1, -0.05) is 0 Å². The Morgan fingerprint density at radius 3 is 1.08 bits per heavy atom. The van der Waals surface area contributed by atoms with Crippen molar-refractivity contribution in [2.24, 2.45) is 0 Å². The van der Waals surface area contributed by atoms with E-state index in [1.54, 1.807) is 18.6 Å². The van der Waals surface area contributed by atoms with Gasteiger partial charge in [-0.3, -0.25) is 0 Å². The maximum atomic E-state index is 5.66. The second kappa shape index (κ2) is 6.54. The van der Waals surface area contributed by atoms with E-state index >= 15 is 0 Å². The lowest BCUT2D eigenvalue weighted by Crippen LogP contribution is -2.49. The summed E-state index contributed by atoms with van der Waals surface area (Å²) in [5.74, 6) is 0. The molecule has 0 atom stereocenters. The smallest absolute Gasteiger partial charge is 0.380 e. The van der Waals surface area contributed by atoms with Gasteiger partial charge in [-0.25, -0.2) is 0 Å². The molecular weight excluding hydrogens is 323 g/mol. The van der Waals surface area contributed by atoms with E-state index in [2.05, 4.69) is 15.3 Å². The Bertz CT molecular complexity index is 711. The van der Waals surface area contributed by atoms with Crippen LogP contribution in [-0.2, 0) is 0 Å². The summed E-state index contributed by atoms with van der Waals surface area (Å²) in [6.07, 6.45) is 5.23. The minimum absolute atomic E-state index is 0.857. The first-order chi connectivity index (χ1) is 11.8. The third-order valence-corrected chi connectivity index (χ3v) is 3.95. The van der Waals surface area contributed by atoms with E-state index in [4.69, 9.17) is 14.3 Å². The summed E-state index contributed by atoms with van der Waals surface area (Å²) in [6, 6.07) is 0. The summed E-state index contributed by atoms with van der Waals surface area (Å²) in [7, 11) is -1.14. The molecule has 3 aromatic heterocycles. The zero-order valence-corrected chi connectivity index (χ0v) is 15.2. The second-order valence-corrected chi connectivity index (χ2v) is 6.01. The van der Waals surface area contributed by atoms with Gasteiger partial charge < -0.3 is 14.3 Å². The fraction of sp³-hybridized carbons (Fsp3) is 0.400. The van der Waals surface area contributed by atoms with Crippen LogP contribution in [0.2, 0.25) is 0 Å². The van der Waals surface area contributed by atoms with E-state index in [0.29, 0.717) is 0 Å². The Morgan fingerprint density at radius 1 is 0.600 bits per heavy atom. The quantitative estimate of drug-likeness (QED) is 0.615.